The molecule has 0 aliphatic heterocycles. The van der Waals surface area contributed by atoms with Crippen LogP contribution in [0.4, 0.5) is 5.69 Å². The number of rotatable bonds is 4. The lowest BCUT2D eigenvalue weighted by Gasteiger charge is -2.10. The molecule has 0 unspecified atom stereocenters. The number of ether oxygens (including phenoxy) is 1. The van der Waals surface area contributed by atoms with Crippen LogP contribution in [-0.2, 0) is 9.59 Å². The molecule has 2 N–H and O–H groups in total. The number of methoxy groups -OCH3 is 1. The summed E-state index contributed by atoms with van der Waals surface area (Å²) in [6.07, 6.45) is 1.51. The first-order valence-corrected chi connectivity index (χ1v) is 8.35. The number of aryl methyl sites for hydroxylation is 1. The molecule has 6 nitrogen and oxygen atoms in total. The lowest BCUT2D eigenvalue weighted by Crippen LogP contribution is -2.32. The number of benzene rings is 3. The number of carbonyl (C=O) groups is 2. The molecule has 0 fully saturated rings. The molecule has 0 bridgehead atoms. The van der Waals surface area contributed by atoms with E-state index in [0.717, 1.165) is 21.9 Å². The van der Waals surface area contributed by atoms with Crippen molar-refractivity contribution < 1.29 is 14.3 Å². The molecule has 0 atom stereocenters. The molecule has 136 valence electrons. The Balaban J connectivity index is 1.67. The number of amides is 2. The van der Waals surface area contributed by atoms with Gasteiger partial charge in [-0.05, 0) is 35.4 Å². The molecule has 0 aliphatic rings. The van der Waals surface area contributed by atoms with Gasteiger partial charge >= 0.3 is 11.8 Å². The van der Waals surface area contributed by atoms with E-state index in [2.05, 4.69) is 15.8 Å². The molecule has 0 heterocycles. The van der Waals surface area contributed by atoms with Crippen molar-refractivity contribution in [1.82, 2.24) is 5.43 Å². The summed E-state index contributed by atoms with van der Waals surface area (Å²) in [5.74, 6) is -1.22. The van der Waals surface area contributed by atoms with Crippen molar-refractivity contribution >= 4 is 34.5 Å². The number of anilines is 1. The van der Waals surface area contributed by atoms with E-state index in [1.807, 2.05) is 55.5 Å². The van der Waals surface area contributed by atoms with Gasteiger partial charge in [0.2, 0.25) is 0 Å². The summed E-state index contributed by atoms with van der Waals surface area (Å²) in [5, 5.41) is 8.50. The summed E-state index contributed by atoms with van der Waals surface area (Å²) in [4.78, 5) is 24.1. The Morgan fingerprint density at radius 2 is 1.78 bits per heavy atom. The summed E-state index contributed by atoms with van der Waals surface area (Å²) in [6, 6.07) is 18.9. The van der Waals surface area contributed by atoms with Crippen LogP contribution in [0, 0.1) is 6.92 Å². The summed E-state index contributed by atoms with van der Waals surface area (Å²) >= 11 is 0. The van der Waals surface area contributed by atoms with Crippen LogP contribution in [0.15, 0.2) is 65.8 Å². The Kier molecular flexibility index (Phi) is 5.47. The van der Waals surface area contributed by atoms with Crippen LogP contribution < -0.4 is 15.5 Å². The Morgan fingerprint density at radius 1 is 1.00 bits per heavy atom. The van der Waals surface area contributed by atoms with E-state index in [1.54, 1.807) is 12.1 Å². The molecule has 3 aromatic rings. The van der Waals surface area contributed by atoms with Crippen molar-refractivity contribution in [3.05, 3.63) is 71.8 Å². The standard InChI is InChI=1S/C21H19N3O3/c1-14-10-11-19(27-2)18(12-14)23-20(25)21(26)24-22-13-16-8-5-7-15-6-3-4-9-17(15)16/h3-13H,1-2H3,(H,23,25)(H,24,26)/b22-13-. The van der Waals surface area contributed by atoms with E-state index in [9.17, 15) is 9.59 Å². The topological polar surface area (TPSA) is 79.8 Å². The third-order valence-electron chi connectivity index (χ3n) is 4.00. The summed E-state index contributed by atoms with van der Waals surface area (Å²) in [7, 11) is 1.49. The summed E-state index contributed by atoms with van der Waals surface area (Å²) < 4.78 is 5.18. The third-order valence-corrected chi connectivity index (χ3v) is 4.00. The zero-order valence-electron chi connectivity index (χ0n) is 15.0. The molecule has 27 heavy (non-hydrogen) atoms. The molecule has 0 aliphatic carbocycles. The molecule has 0 saturated heterocycles. The zero-order chi connectivity index (χ0) is 19.2. The summed E-state index contributed by atoms with van der Waals surface area (Å²) in [5.41, 5.74) is 4.44. The number of fused-ring (bicyclic) bond motifs is 1. The molecular weight excluding hydrogens is 342 g/mol. The first-order chi connectivity index (χ1) is 13.1. The molecule has 0 aromatic heterocycles. The molecule has 3 aromatic carbocycles. The SMILES string of the molecule is COc1ccc(C)cc1NC(=O)C(=O)N/N=C\c1cccc2ccccc12. The van der Waals surface area contributed by atoms with Gasteiger partial charge in [0.25, 0.3) is 0 Å². The molecule has 0 spiro atoms. The van der Waals surface area contributed by atoms with E-state index in [-0.39, 0.29) is 0 Å². The van der Waals surface area contributed by atoms with Crippen LogP contribution in [0.1, 0.15) is 11.1 Å². The van der Waals surface area contributed by atoms with Crippen LogP contribution >= 0.6 is 0 Å². The molecule has 6 heteroatoms. The van der Waals surface area contributed by atoms with Gasteiger partial charge in [-0.25, -0.2) is 5.43 Å². The van der Waals surface area contributed by atoms with Crippen molar-refractivity contribution in [2.24, 2.45) is 5.10 Å². The highest BCUT2D eigenvalue weighted by atomic mass is 16.5. The Labute approximate surface area is 156 Å². The smallest absolute Gasteiger partial charge is 0.329 e. The average molecular weight is 361 g/mol. The number of hydrazone groups is 1. The minimum absolute atomic E-state index is 0.427. The first kappa shape index (κ1) is 18.1. The molecule has 2 amide bonds. The third kappa shape index (κ3) is 4.30. The molecular formula is C21H19N3O3. The van der Waals surface area contributed by atoms with Gasteiger partial charge in [0.15, 0.2) is 0 Å². The monoisotopic (exact) mass is 361 g/mol. The van der Waals surface area contributed by atoms with Gasteiger partial charge in [-0.15, -0.1) is 0 Å². The fraction of sp³-hybridized carbons (Fsp3) is 0.0952. The van der Waals surface area contributed by atoms with Crippen molar-refractivity contribution in [1.29, 1.82) is 0 Å². The minimum atomic E-state index is -0.866. The quantitative estimate of drug-likeness (QED) is 0.425. The number of hydrogen-bond donors (Lipinski definition) is 2. The van der Waals surface area contributed by atoms with E-state index >= 15 is 0 Å². The van der Waals surface area contributed by atoms with Crippen molar-refractivity contribution in [2.75, 3.05) is 12.4 Å². The maximum atomic E-state index is 12.1. The lowest BCUT2D eigenvalue weighted by molar-refractivity contribution is -0.136. The highest BCUT2D eigenvalue weighted by molar-refractivity contribution is 6.39. The van der Waals surface area contributed by atoms with Gasteiger partial charge in [-0.1, -0.05) is 48.5 Å². The normalized spacial score (nSPS) is 10.7. The number of nitrogens with one attached hydrogen (secondary N) is 2. The Bertz CT molecular complexity index is 1020. The predicted octanol–water partition coefficient (Wildman–Crippen LogP) is 3.25. The second-order valence-electron chi connectivity index (χ2n) is 5.93. The zero-order valence-corrected chi connectivity index (χ0v) is 15.0. The van der Waals surface area contributed by atoms with Crippen LogP contribution in [0.5, 0.6) is 5.75 Å². The highest BCUT2D eigenvalue weighted by Gasteiger charge is 2.15. The highest BCUT2D eigenvalue weighted by Crippen LogP contribution is 2.25. The van der Waals surface area contributed by atoms with Crippen molar-refractivity contribution in [3.8, 4) is 5.75 Å². The van der Waals surface area contributed by atoms with Gasteiger partial charge in [0.1, 0.15) is 5.75 Å². The fourth-order valence-electron chi connectivity index (χ4n) is 2.67. The Morgan fingerprint density at radius 3 is 2.59 bits per heavy atom. The van der Waals surface area contributed by atoms with Crippen LogP contribution in [0.2, 0.25) is 0 Å². The average Bonchev–Trinajstić information content (AvgIpc) is 2.68. The fourth-order valence-corrected chi connectivity index (χ4v) is 2.67. The second-order valence-corrected chi connectivity index (χ2v) is 5.93. The van der Waals surface area contributed by atoms with Gasteiger partial charge in [-0.3, -0.25) is 9.59 Å². The van der Waals surface area contributed by atoms with Crippen LogP contribution in [0.25, 0.3) is 10.8 Å². The largest absolute Gasteiger partial charge is 0.495 e. The van der Waals surface area contributed by atoms with E-state index in [0.29, 0.717) is 11.4 Å². The second kappa shape index (κ2) is 8.14. The van der Waals surface area contributed by atoms with Crippen LogP contribution in [-0.4, -0.2) is 25.1 Å². The van der Waals surface area contributed by atoms with E-state index in [4.69, 9.17) is 4.74 Å². The van der Waals surface area contributed by atoms with E-state index in [1.165, 1.54) is 13.3 Å². The molecule has 0 radical (unpaired) electrons. The minimum Gasteiger partial charge on any atom is -0.495 e. The van der Waals surface area contributed by atoms with Crippen LogP contribution in [0.3, 0.4) is 0 Å². The lowest BCUT2D eigenvalue weighted by atomic mass is 10.1. The number of carbonyl (C=O) groups excluding carboxylic acids is 2. The first-order valence-electron chi connectivity index (χ1n) is 8.35. The van der Waals surface area contributed by atoms with Gasteiger partial charge in [0, 0.05) is 5.56 Å². The van der Waals surface area contributed by atoms with E-state index < -0.39 is 11.8 Å². The van der Waals surface area contributed by atoms with Gasteiger partial charge in [0.05, 0.1) is 19.0 Å². The maximum absolute atomic E-state index is 12.1. The van der Waals surface area contributed by atoms with Crippen molar-refractivity contribution in [2.45, 2.75) is 6.92 Å². The van der Waals surface area contributed by atoms with Crippen molar-refractivity contribution in [3.63, 3.8) is 0 Å². The predicted molar refractivity (Wildman–Crippen MR) is 106 cm³/mol. The number of hydrogen-bond acceptors (Lipinski definition) is 4. The Hall–Kier alpha value is -3.67. The molecule has 0 saturated carbocycles. The van der Waals surface area contributed by atoms with Gasteiger partial charge < -0.3 is 10.1 Å². The molecule has 3 rings (SSSR count). The van der Waals surface area contributed by atoms with Gasteiger partial charge in [-0.2, -0.15) is 5.10 Å². The maximum Gasteiger partial charge on any atom is 0.329 e. The summed E-state index contributed by atoms with van der Waals surface area (Å²) in [6.45, 7) is 1.88. The number of nitrogens with zero attached hydrogens (tertiary/aromatic N) is 1.